The van der Waals surface area contributed by atoms with Crippen LogP contribution in [0.15, 0.2) is 24.3 Å². The lowest BCUT2D eigenvalue weighted by molar-refractivity contribution is -0.139. The molecule has 1 aromatic carbocycles. The predicted molar refractivity (Wildman–Crippen MR) is 78.4 cm³/mol. The number of hydrogen-bond acceptors (Lipinski definition) is 5. The first-order chi connectivity index (χ1) is 10.1. The summed E-state index contributed by atoms with van der Waals surface area (Å²) in [5, 5.41) is 21.5. The minimum atomic E-state index is -0.989. The number of aliphatic carboxylic acids is 1. The quantitative estimate of drug-likeness (QED) is 0.678. The Morgan fingerprint density at radius 3 is 3.00 bits per heavy atom. The number of nitrogens with one attached hydrogen (secondary N) is 1. The highest BCUT2D eigenvalue weighted by Crippen LogP contribution is 2.21. The number of hydrogen-bond donors (Lipinski definition) is 3. The van der Waals surface area contributed by atoms with E-state index in [2.05, 4.69) is 10.2 Å². The number of carboxylic acids is 1. The molecule has 116 valence electrons. The van der Waals surface area contributed by atoms with Crippen LogP contribution in [0.3, 0.4) is 0 Å². The van der Waals surface area contributed by atoms with Gasteiger partial charge in [-0.1, -0.05) is 12.1 Å². The SMILES string of the molecule is CNC(CN1CC[C@H](O)C1)c1cccc(OCC(=O)O)c1. The summed E-state index contributed by atoms with van der Waals surface area (Å²) in [5.41, 5.74) is 1.04. The Balaban J connectivity index is 2.00. The van der Waals surface area contributed by atoms with Gasteiger partial charge in [0.2, 0.25) is 0 Å². The summed E-state index contributed by atoms with van der Waals surface area (Å²) in [5.74, 6) is -0.437. The molecule has 0 radical (unpaired) electrons. The van der Waals surface area contributed by atoms with Gasteiger partial charge in [-0.3, -0.25) is 4.90 Å². The van der Waals surface area contributed by atoms with Crippen LogP contribution < -0.4 is 10.1 Å². The van der Waals surface area contributed by atoms with Crippen LogP contribution in [-0.2, 0) is 4.79 Å². The van der Waals surface area contributed by atoms with Crippen LogP contribution >= 0.6 is 0 Å². The molecule has 1 heterocycles. The lowest BCUT2D eigenvalue weighted by atomic mass is 10.1. The van der Waals surface area contributed by atoms with Crippen molar-refractivity contribution in [3.8, 4) is 5.75 Å². The molecule has 0 aliphatic carbocycles. The van der Waals surface area contributed by atoms with Crippen molar-refractivity contribution in [1.82, 2.24) is 10.2 Å². The Morgan fingerprint density at radius 2 is 2.38 bits per heavy atom. The first-order valence-electron chi connectivity index (χ1n) is 7.10. The fraction of sp³-hybridized carbons (Fsp3) is 0.533. The van der Waals surface area contributed by atoms with Crippen molar-refractivity contribution in [3.63, 3.8) is 0 Å². The Labute approximate surface area is 124 Å². The van der Waals surface area contributed by atoms with E-state index >= 15 is 0 Å². The maximum absolute atomic E-state index is 10.5. The van der Waals surface area contributed by atoms with E-state index in [0.29, 0.717) is 12.3 Å². The van der Waals surface area contributed by atoms with Gasteiger partial charge in [-0.15, -0.1) is 0 Å². The first kappa shape index (κ1) is 15.8. The molecule has 0 amide bonds. The zero-order chi connectivity index (χ0) is 15.2. The standard InChI is InChI=1S/C15H22N2O4/c1-16-14(9-17-6-5-12(18)8-17)11-3-2-4-13(7-11)21-10-15(19)20/h2-4,7,12,14,16,18H,5-6,8-10H2,1H3,(H,19,20)/t12-,14?/m0/s1. The van der Waals surface area contributed by atoms with Crippen LogP contribution in [0, 0.1) is 0 Å². The molecule has 21 heavy (non-hydrogen) atoms. The Hall–Kier alpha value is -1.63. The number of β-amino-alcohol motifs (C(OH)–C–C–N with tert-alkyl or cyclic N) is 1. The van der Waals surface area contributed by atoms with Gasteiger partial charge in [0, 0.05) is 25.7 Å². The van der Waals surface area contributed by atoms with Crippen LogP contribution in [-0.4, -0.2) is 60.5 Å². The van der Waals surface area contributed by atoms with E-state index in [9.17, 15) is 9.90 Å². The summed E-state index contributed by atoms with van der Waals surface area (Å²) in [7, 11) is 1.89. The molecular weight excluding hydrogens is 272 g/mol. The molecule has 2 atom stereocenters. The third-order valence-corrected chi connectivity index (χ3v) is 3.66. The monoisotopic (exact) mass is 294 g/mol. The second kappa shape index (κ2) is 7.40. The number of likely N-dealkylation sites (tertiary alicyclic amines) is 1. The average Bonchev–Trinajstić information content (AvgIpc) is 2.88. The maximum atomic E-state index is 10.5. The highest BCUT2D eigenvalue weighted by atomic mass is 16.5. The number of rotatable bonds is 7. The zero-order valence-corrected chi connectivity index (χ0v) is 12.2. The number of likely N-dealkylation sites (N-methyl/N-ethyl adjacent to an activating group) is 1. The van der Waals surface area contributed by atoms with Crippen molar-refractivity contribution in [2.75, 3.05) is 33.3 Å². The van der Waals surface area contributed by atoms with Crippen molar-refractivity contribution < 1.29 is 19.7 Å². The summed E-state index contributed by atoms with van der Waals surface area (Å²) in [6.07, 6.45) is 0.589. The lowest BCUT2D eigenvalue weighted by Crippen LogP contribution is -2.33. The Morgan fingerprint density at radius 1 is 1.57 bits per heavy atom. The second-order valence-electron chi connectivity index (χ2n) is 5.30. The van der Waals surface area contributed by atoms with Gasteiger partial charge in [0.05, 0.1) is 6.10 Å². The fourth-order valence-electron chi connectivity index (χ4n) is 2.57. The first-order valence-corrected chi connectivity index (χ1v) is 7.10. The number of carbonyl (C=O) groups is 1. The molecule has 0 aromatic heterocycles. The smallest absolute Gasteiger partial charge is 0.341 e. The van der Waals surface area contributed by atoms with Gasteiger partial charge in [0.25, 0.3) is 0 Å². The van der Waals surface area contributed by atoms with Crippen molar-refractivity contribution in [2.24, 2.45) is 0 Å². The highest BCUT2D eigenvalue weighted by Gasteiger charge is 2.23. The summed E-state index contributed by atoms with van der Waals surface area (Å²) < 4.78 is 5.21. The van der Waals surface area contributed by atoms with Crippen LogP contribution in [0.25, 0.3) is 0 Å². The lowest BCUT2D eigenvalue weighted by Gasteiger charge is -2.24. The van der Waals surface area contributed by atoms with E-state index in [1.54, 1.807) is 6.07 Å². The van der Waals surface area contributed by atoms with E-state index in [-0.39, 0.29) is 18.8 Å². The third kappa shape index (κ3) is 4.70. The summed E-state index contributed by atoms with van der Waals surface area (Å²) >= 11 is 0. The van der Waals surface area contributed by atoms with Crippen LogP contribution in [0.1, 0.15) is 18.0 Å². The zero-order valence-electron chi connectivity index (χ0n) is 12.2. The number of aliphatic hydroxyl groups excluding tert-OH is 1. The molecule has 0 saturated carbocycles. The molecular formula is C15H22N2O4. The number of ether oxygens (including phenoxy) is 1. The van der Waals surface area contributed by atoms with Crippen LogP contribution in [0.4, 0.5) is 0 Å². The Kier molecular flexibility index (Phi) is 5.55. The molecule has 0 bridgehead atoms. The molecule has 1 saturated heterocycles. The van der Waals surface area contributed by atoms with Crippen molar-refractivity contribution in [3.05, 3.63) is 29.8 Å². The molecule has 1 unspecified atom stereocenters. The van der Waals surface area contributed by atoms with Crippen molar-refractivity contribution in [2.45, 2.75) is 18.6 Å². The van der Waals surface area contributed by atoms with E-state index < -0.39 is 5.97 Å². The molecule has 0 spiro atoms. The van der Waals surface area contributed by atoms with Crippen LogP contribution in [0.2, 0.25) is 0 Å². The van der Waals surface area contributed by atoms with Gasteiger partial charge in [0.1, 0.15) is 5.75 Å². The minimum absolute atomic E-state index is 0.115. The second-order valence-corrected chi connectivity index (χ2v) is 5.30. The largest absolute Gasteiger partial charge is 0.482 e. The fourth-order valence-corrected chi connectivity index (χ4v) is 2.57. The molecule has 1 aromatic rings. The van der Waals surface area contributed by atoms with Gasteiger partial charge in [-0.25, -0.2) is 4.79 Å². The molecule has 6 heteroatoms. The molecule has 6 nitrogen and oxygen atoms in total. The average molecular weight is 294 g/mol. The van der Waals surface area contributed by atoms with E-state index in [0.717, 1.165) is 25.1 Å². The maximum Gasteiger partial charge on any atom is 0.341 e. The number of nitrogens with zero attached hydrogens (tertiary/aromatic N) is 1. The summed E-state index contributed by atoms with van der Waals surface area (Å²) in [6.45, 7) is 2.06. The van der Waals surface area contributed by atoms with Gasteiger partial charge in [-0.2, -0.15) is 0 Å². The van der Waals surface area contributed by atoms with E-state index in [1.165, 1.54) is 0 Å². The molecule has 1 fully saturated rings. The highest BCUT2D eigenvalue weighted by molar-refractivity contribution is 5.68. The normalized spacial score (nSPS) is 20.4. The minimum Gasteiger partial charge on any atom is -0.482 e. The van der Waals surface area contributed by atoms with E-state index in [1.807, 2.05) is 25.2 Å². The summed E-state index contributed by atoms with van der Waals surface area (Å²) in [6, 6.07) is 7.57. The van der Waals surface area contributed by atoms with Crippen molar-refractivity contribution >= 4 is 5.97 Å². The number of benzene rings is 1. The molecule has 2 rings (SSSR count). The van der Waals surface area contributed by atoms with Gasteiger partial charge >= 0.3 is 5.97 Å². The molecule has 3 N–H and O–H groups in total. The van der Waals surface area contributed by atoms with Gasteiger partial charge in [-0.05, 0) is 31.2 Å². The predicted octanol–water partition coefficient (Wildman–Crippen LogP) is 0.477. The van der Waals surface area contributed by atoms with Crippen molar-refractivity contribution in [1.29, 1.82) is 0 Å². The van der Waals surface area contributed by atoms with Gasteiger partial charge in [0.15, 0.2) is 6.61 Å². The molecule has 1 aliphatic heterocycles. The summed E-state index contributed by atoms with van der Waals surface area (Å²) in [4.78, 5) is 12.8. The number of carboxylic acid groups (broad SMARTS) is 1. The van der Waals surface area contributed by atoms with Gasteiger partial charge < -0.3 is 20.3 Å². The van der Waals surface area contributed by atoms with Crippen LogP contribution in [0.5, 0.6) is 5.75 Å². The van der Waals surface area contributed by atoms with E-state index in [4.69, 9.17) is 9.84 Å². The topological polar surface area (TPSA) is 82.0 Å². The Bertz CT molecular complexity index is 480. The third-order valence-electron chi connectivity index (χ3n) is 3.66. The molecule has 1 aliphatic rings. The number of aliphatic hydroxyl groups is 1.